The van der Waals surface area contributed by atoms with Crippen LogP contribution in [-0.4, -0.2) is 16.7 Å². The first kappa shape index (κ1) is 21.4. The lowest BCUT2D eigenvalue weighted by atomic mass is 9.67. The predicted molar refractivity (Wildman–Crippen MR) is 135 cm³/mol. The van der Waals surface area contributed by atoms with Crippen molar-refractivity contribution in [1.82, 2.24) is 4.90 Å². The van der Waals surface area contributed by atoms with Crippen LogP contribution in [0.25, 0.3) is 6.08 Å². The van der Waals surface area contributed by atoms with Gasteiger partial charge in [0, 0.05) is 21.3 Å². The van der Waals surface area contributed by atoms with Gasteiger partial charge in [0.25, 0.3) is 0 Å². The van der Waals surface area contributed by atoms with Crippen LogP contribution in [0.3, 0.4) is 0 Å². The van der Waals surface area contributed by atoms with Crippen LogP contribution in [0, 0.1) is 38.6 Å². The third-order valence-corrected chi connectivity index (χ3v) is 7.77. The van der Waals surface area contributed by atoms with Gasteiger partial charge >= 0.3 is 0 Å². The number of ketones is 1. The van der Waals surface area contributed by atoms with Crippen LogP contribution in [0.2, 0.25) is 0 Å². The van der Waals surface area contributed by atoms with Gasteiger partial charge in [-0.2, -0.15) is 10.5 Å². The van der Waals surface area contributed by atoms with Crippen molar-refractivity contribution < 1.29 is 4.79 Å². The number of hydrogen-bond donors (Lipinski definition) is 0. The van der Waals surface area contributed by atoms with Crippen LogP contribution in [0.15, 0.2) is 79.0 Å². The van der Waals surface area contributed by atoms with Gasteiger partial charge in [-0.15, -0.1) is 0 Å². The molecule has 2 aliphatic heterocycles. The summed E-state index contributed by atoms with van der Waals surface area (Å²) in [4.78, 5) is 16.0. The van der Waals surface area contributed by atoms with E-state index < -0.39 is 23.4 Å². The predicted octanol–water partition coefficient (Wildman–Crippen LogP) is 6.01. The minimum Gasteiger partial charge on any atom is -0.357 e. The van der Waals surface area contributed by atoms with Crippen molar-refractivity contribution in [2.75, 3.05) is 0 Å². The molecule has 2 aliphatic rings. The molecule has 33 heavy (non-hydrogen) atoms. The second-order valence-corrected chi connectivity index (χ2v) is 9.72. The number of aryl methyl sites for hydroxylation is 1. The summed E-state index contributed by atoms with van der Waals surface area (Å²) in [5.74, 6) is -0.698. The second kappa shape index (κ2) is 8.17. The van der Waals surface area contributed by atoms with E-state index in [4.69, 9.17) is 0 Å². The molecule has 2 heterocycles. The molecule has 0 radical (unpaired) electrons. The Morgan fingerprint density at radius 1 is 0.939 bits per heavy atom. The molecule has 160 valence electrons. The molecule has 3 atom stereocenters. The Labute approximate surface area is 206 Å². The number of fused-ring (bicyclic) bond motifs is 3. The number of Topliss-reactive ketones (excluding diaryl/α,β-unsaturated/α-hetero) is 1. The average Bonchev–Trinajstić information content (AvgIpc) is 3.15. The number of carbonyl (C=O) groups is 1. The minimum absolute atomic E-state index is 0.0824. The van der Waals surface area contributed by atoms with E-state index in [1.54, 1.807) is 0 Å². The van der Waals surface area contributed by atoms with Crippen LogP contribution in [0.4, 0.5) is 0 Å². The smallest absolute Gasteiger partial charge is 0.185 e. The van der Waals surface area contributed by atoms with Crippen molar-refractivity contribution in [3.63, 3.8) is 0 Å². The number of benzene rings is 3. The number of halogens is 1. The van der Waals surface area contributed by atoms with Crippen LogP contribution in [0.5, 0.6) is 0 Å². The molecular formula is C28H20IN3O. The highest BCUT2D eigenvalue weighted by Crippen LogP contribution is 2.60. The molecule has 0 aromatic heterocycles. The largest absolute Gasteiger partial charge is 0.357 e. The molecule has 1 saturated heterocycles. The van der Waals surface area contributed by atoms with E-state index >= 15 is 0 Å². The summed E-state index contributed by atoms with van der Waals surface area (Å²) in [5, 5.41) is 21.1. The van der Waals surface area contributed by atoms with Gasteiger partial charge in [0.1, 0.15) is 6.04 Å². The van der Waals surface area contributed by atoms with Crippen molar-refractivity contribution in [2.45, 2.75) is 24.9 Å². The quantitative estimate of drug-likeness (QED) is 0.301. The van der Waals surface area contributed by atoms with Gasteiger partial charge in [0.05, 0.1) is 18.2 Å². The molecule has 0 aliphatic carbocycles. The van der Waals surface area contributed by atoms with Crippen LogP contribution in [0.1, 0.15) is 44.6 Å². The Morgan fingerprint density at radius 2 is 1.58 bits per heavy atom. The topological polar surface area (TPSA) is 67.9 Å². The normalized spacial score (nSPS) is 22.1. The van der Waals surface area contributed by atoms with Crippen LogP contribution < -0.4 is 0 Å². The second-order valence-electron chi connectivity index (χ2n) is 8.56. The fraction of sp³-hybridized carbons (Fsp3) is 0.179. The highest BCUT2D eigenvalue weighted by molar-refractivity contribution is 14.1. The third kappa shape index (κ3) is 3.19. The number of rotatable bonds is 3. The van der Waals surface area contributed by atoms with Gasteiger partial charge in [0.2, 0.25) is 0 Å². The summed E-state index contributed by atoms with van der Waals surface area (Å²) < 4.78 is 0.939. The molecule has 1 fully saturated rings. The first-order valence-corrected chi connectivity index (χ1v) is 11.8. The van der Waals surface area contributed by atoms with Crippen LogP contribution in [-0.2, 0) is 0 Å². The lowest BCUT2D eigenvalue weighted by Crippen LogP contribution is -2.38. The molecule has 5 heteroatoms. The zero-order chi connectivity index (χ0) is 23.2. The van der Waals surface area contributed by atoms with E-state index in [0.29, 0.717) is 5.56 Å². The van der Waals surface area contributed by atoms with Crippen molar-refractivity contribution in [1.29, 1.82) is 10.5 Å². The monoisotopic (exact) mass is 541 g/mol. The summed E-state index contributed by atoms with van der Waals surface area (Å²) in [6, 6.07) is 26.6. The van der Waals surface area contributed by atoms with Gasteiger partial charge in [-0.3, -0.25) is 4.79 Å². The summed E-state index contributed by atoms with van der Waals surface area (Å²) >= 11 is 2.24. The van der Waals surface area contributed by atoms with Crippen molar-refractivity contribution in [3.8, 4) is 12.1 Å². The first-order valence-electron chi connectivity index (χ1n) is 10.7. The van der Waals surface area contributed by atoms with Crippen molar-refractivity contribution >= 4 is 34.5 Å². The number of hydrogen-bond acceptors (Lipinski definition) is 4. The molecular weight excluding hydrogens is 521 g/mol. The molecule has 0 amide bonds. The summed E-state index contributed by atoms with van der Waals surface area (Å²) in [7, 11) is 0. The Bertz CT molecular complexity index is 1350. The molecule has 4 nitrogen and oxygen atoms in total. The van der Waals surface area contributed by atoms with Gasteiger partial charge in [-0.1, -0.05) is 72.3 Å². The summed E-state index contributed by atoms with van der Waals surface area (Å²) in [6.45, 7) is 1.98. The minimum atomic E-state index is -1.44. The molecule has 0 unspecified atom stereocenters. The zero-order valence-electron chi connectivity index (χ0n) is 17.9. The van der Waals surface area contributed by atoms with E-state index in [1.807, 2.05) is 96.9 Å². The van der Waals surface area contributed by atoms with Crippen molar-refractivity contribution in [2.24, 2.45) is 5.41 Å². The average molecular weight is 541 g/mol. The lowest BCUT2D eigenvalue weighted by molar-refractivity contribution is 0.0874. The number of nitriles is 2. The van der Waals surface area contributed by atoms with Crippen molar-refractivity contribution in [3.05, 3.63) is 110 Å². The molecule has 0 spiro atoms. The fourth-order valence-electron chi connectivity index (χ4n) is 5.25. The molecule has 0 saturated carbocycles. The molecule has 0 N–H and O–H groups in total. The van der Waals surface area contributed by atoms with Gasteiger partial charge in [-0.05, 0) is 58.3 Å². The van der Waals surface area contributed by atoms with E-state index in [9.17, 15) is 15.3 Å². The standard InChI is InChI=1S/C28H20IN3O/c1-18-10-12-20(13-11-18)26(33)25-24(22-8-4-5-9-23(22)29)28(16-30,17-31)27-21-7-3-2-6-19(21)14-15-32(25)27/h2-15,24-25,27H,1H3/t24-,25+,27-/m0/s1. The van der Waals surface area contributed by atoms with E-state index in [1.165, 1.54) is 0 Å². The highest BCUT2D eigenvalue weighted by atomic mass is 127. The SMILES string of the molecule is Cc1ccc(C(=O)[C@H]2[C@H](c3ccccc3I)C(C#N)(C#N)[C@@H]3c4ccccc4C=CN32)cc1. The first-order chi connectivity index (χ1) is 16.0. The van der Waals surface area contributed by atoms with E-state index in [2.05, 4.69) is 34.7 Å². The Hall–Kier alpha value is -3.42. The zero-order valence-corrected chi connectivity index (χ0v) is 20.1. The maximum atomic E-state index is 14.0. The maximum Gasteiger partial charge on any atom is 0.185 e. The Kier molecular flexibility index (Phi) is 5.31. The van der Waals surface area contributed by atoms with Gasteiger partial charge < -0.3 is 4.90 Å². The Morgan fingerprint density at radius 3 is 2.24 bits per heavy atom. The van der Waals surface area contributed by atoms with Gasteiger partial charge in [-0.25, -0.2) is 0 Å². The van der Waals surface area contributed by atoms with E-state index in [0.717, 1.165) is 25.8 Å². The Balaban J connectivity index is 1.79. The molecule has 5 rings (SSSR count). The maximum absolute atomic E-state index is 14.0. The van der Waals surface area contributed by atoms with Crippen LogP contribution >= 0.6 is 22.6 Å². The molecule has 3 aromatic carbocycles. The highest BCUT2D eigenvalue weighted by Gasteiger charge is 2.64. The van der Waals surface area contributed by atoms with E-state index in [-0.39, 0.29) is 5.78 Å². The van der Waals surface area contributed by atoms with Gasteiger partial charge in [0.15, 0.2) is 11.2 Å². The molecule has 3 aromatic rings. The molecule has 0 bridgehead atoms. The lowest BCUT2D eigenvalue weighted by Gasteiger charge is -2.34. The summed E-state index contributed by atoms with van der Waals surface area (Å²) in [5.41, 5.74) is 2.94. The third-order valence-electron chi connectivity index (χ3n) is 6.79. The fourth-order valence-corrected chi connectivity index (χ4v) is 5.98. The summed E-state index contributed by atoms with van der Waals surface area (Å²) in [6.07, 6.45) is 3.86. The number of nitrogens with zero attached hydrogens (tertiary/aromatic N) is 3. The number of carbonyl (C=O) groups excluding carboxylic acids is 1.